The molecule has 15 heteroatoms. The predicted molar refractivity (Wildman–Crippen MR) is 125 cm³/mol. The largest absolute Gasteiger partial charge is 0.394 e. The summed E-state index contributed by atoms with van der Waals surface area (Å²) < 4.78 is 55.8. The van der Waals surface area contributed by atoms with Gasteiger partial charge in [0.05, 0.1) is 36.2 Å². The van der Waals surface area contributed by atoms with Crippen molar-refractivity contribution in [1.29, 1.82) is 0 Å². The van der Waals surface area contributed by atoms with E-state index in [4.69, 9.17) is 9.29 Å². The van der Waals surface area contributed by atoms with E-state index in [-0.39, 0.29) is 49.1 Å². The Balaban J connectivity index is 2.35. The number of sulfonamides is 1. The third kappa shape index (κ3) is 7.83. The lowest BCUT2D eigenvalue weighted by Crippen LogP contribution is -2.50. The van der Waals surface area contributed by atoms with Gasteiger partial charge in [0.1, 0.15) is 4.90 Å². The number of piperazine rings is 1. The topological polar surface area (TPSA) is 171 Å². The second-order valence-corrected chi connectivity index (χ2v) is 11.5. The van der Waals surface area contributed by atoms with Crippen LogP contribution in [0.3, 0.4) is 0 Å². The molecule has 1 aromatic carbocycles. The van der Waals surface area contributed by atoms with Crippen molar-refractivity contribution in [2.24, 2.45) is 0 Å². The molecule has 1 fully saturated rings. The van der Waals surface area contributed by atoms with Crippen LogP contribution >= 0.6 is 0 Å². The number of nitro benzene ring substituents is 1. The van der Waals surface area contributed by atoms with Crippen molar-refractivity contribution in [3.8, 4) is 0 Å². The van der Waals surface area contributed by atoms with Crippen LogP contribution in [-0.4, -0.2) is 113 Å². The predicted octanol–water partition coefficient (Wildman–Crippen LogP) is -0.553. The maximum atomic E-state index is 13.6. The zero-order chi connectivity index (χ0) is 25.5. The number of aliphatic hydroxyl groups is 2. The lowest BCUT2D eigenvalue weighted by molar-refractivity contribution is -0.385. The molecule has 2 N–H and O–H groups in total. The van der Waals surface area contributed by atoms with Gasteiger partial charge in [-0.1, -0.05) is 6.92 Å². The van der Waals surface area contributed by atoms with Crippen LogP contribution in [0.15, 0.2) is 23.1 Å². The van der Waals surface area contributed by atoms with Crippen LogP contribution < -0.4 is 4.90 Å². The van der Waals surface area contributed by atoms with Crippen LogP contribution in [0.5, 0.6) is 0 Å². The minimum atomic E-state index is -4.13. The Kier molecular flexibility index (Phi) is 10.2. The highest BCUT2D eigenvalue weighted by Gasteiger charge is 2.33. The number of nitrogens with zero attached hydrogens (tertiary/aromatic N) is 4. The number of benzene rings is 1. The maximum absolute atomic E-state index is 13.6. The van der Waals surface area contributed by atoms with Crippen molar-refractivity contribution in [3.63, 3.8) is 0 Å². The van der Waals surface area contributed by atoms with E-state index in [0.29, 0.717) is 26.1 Å². The second kappa shape index (κ2) is 12.2. The zero-order valence-electron chi connectivity index (χ0n) is 19.2. The highest BCUT2D eigenvalue weighted by molar-refractivity contribution is 7.89. The lowest BCUT2D eigenvalue weighted by atomic mass is 10.2. The van der Waals surface area contributed by atoms with Crippen molar-refractivity contribution in [1.82, 2.24) is 9.21 Å². The molecule has 0 radical (unpaired) electrons. The first-order valence-corrected chi connectivity index (χ1v) is 14.0. The number of nitro groups is 1. The highest BCUT2D eigenvalue weighted by atomic mass is 32.2. The van der Waals surface area contributed by atoms with Crippen LogP contribution in [0.4, 0.5) is 11.4 Å². The number of β-amino-alcohol motifs (C(OH)–C–C–N with tert-alkyl or cyclic N) is 1. The molecule has 0 spiro atoms. The van der Waals surface area contributed by atoms with Gasteiger partial charge in [0.25, 0.3) is 15.8 Å². The Labute approximate surface area is 199 Å². The monoisotopic (exact) mass is 524 g/mol. The Bertz CT molecular complexity index is 1040. The summed E-state index contributed by atoms with van der Waals surface area (Å²) in [5.41, 5.74) is -0.154. The molecular weight excluding hydrogens is 492 g/mol. The fourth-order valence-electron chi connectivity index (χ4n) is 3.65. The minimum Gasteiger partial charge on any atom is -0.394 e. The molecule has 194 valence electrons. The molecule has 1 aliphatic heterocycles. The highest BCUT2D eigenvalue weighted by Crippen LogP contribution is 2.32. The van der Waals surface area contributed by atoms with Gasteiger partial charge in [-0.15, -0.1) is 0 Å². The van der Waals surface area contributed by atoms with Crippen molar-refractivity contribution in [2.75, 3.05) is 70.2 Å². The van der Waals surface area contributed by atoms with Crippen LogP contribution in [0.25, 0.3) is 0 Å². The lowest BCUT2D eigenvalue weighted by Gasteiger charge is -2.35. The van der Waals surface area contributed by atoms with E-state index in [9.17, 15) is 32.1 Å². The Morgan fingerprint density at radius 3 is 2.35 bits per heavy atom. The normalized spacial score (nSPS) is 16.9. The second-order valence-electron chi connectivity index (χ2n) is 7.96. The number of hydrogen-bond acceptors (Lipinski definition) is 11. The van der Waals surface area contributed by atoms with Crippen LogP contribution in [0, 0.1) is 10.1 Å². The van der Waals surface area contributed by atoms with Crippen molar-refractivity contribution in [2.45, 2.75) is 24.3 Å². The number of non-ortho nitro benzene ring substituents is 1. The third-order valence-electron chi connectivity index (χ3n) is 5.28. The summed E-state index contributed by atoms with van der Waals surface area (Å²) in [6.45, 7) is 2.76. The summed E-state index contributed by atoms with van der Waals surface area (Å²) in [6, 6.07) is 3.59. The zero-order valence-corrected chi connectivity index (χ0v) is 20.9. The molecule has 0 bridgehead atoms. The van der Waals surface area contributed by atoms with Gasteiger partial charge in [0.2, 0.25) is 10.0 Å². The van der Waals surface area contributed by atoms with Gasteiger partial charge in [-0.3, -0.25) is 19.2 Å². The van der Waals surface area contributed by atoms with Crippen molar-refractivity contribution < 1.29 is 36.2 Å². The quantitative estimate of drug-likeness (QED) is 0.193. The molecule has 0 saturated carbocycles. The number of rotatable bonds is 13. The van der Waals surface area contributed by atoms with Crippen molar-refractivity contribution in [3.05, 3.63) is 28.3 Å². The number of aliphatic hydroxyl groups excluding tert-OH is 2. The van der Waals surface area contributed by atoms with Gasteiger partial charge < -0.3 is 15.1 Å². The summed E-state index contributed by atoms with van der Waals surface area (Å²) in [7, 11) is -7.82. The molecule has 2 rings (SSSR count). The molecule has 34 heavy (non-hydrogen) atoms. The number of anilines is 1. The molecule has 0 amide bonds. The standard InChI is InChI=1S/C19H32N4O9S2/c1-3-6-21(11-12-32-33(2,28)29)18-5-4-16(23(26)27)13-19(18)34(30,31)22-9-7-20(8-10-22)14-17(25)15-24/h4-5,13,17,24-25H,3,6-12,14-15H2,1-2H3. The third-order valence-corrected chi connectivity index (χ3v) is 7.80. The molecule has 1 unspecified atom stereocenters. The average molecular weight is 525 g/mol. The molecule has 1 aliphatic rings. The smallest absolute Gasteiger partial charge is 0.270 e. The van der Waals surface area contributed by atoms with Gasteiger partial charge in [-0.05, 0) is 12.5 Å². The van der Waals surface area contributed by atoms with Gasteiger partial charge in [-0.25, -0.2) is 8.42 Å². The average Bonchev–Trinajstić information content (AvgIpc) is 2.77. The Morgan fingerprint density at radius 2 is 1.82 bits per heavy atom. The minimum absolute atomic E-state index is 0.0636. The summed E-state index contributed by atoms with van der Waals surface area (Å²) in [4.78, 5) is 13.9. The Morgan fingerprint density at radius 1 is 1.18 bits per heavy atom. The van der Waals surface area contributed by atoms with Crippen LogP contribution in [0.2, 0.25) is 0 Å². The Hall–Kier alpha value is -1.88. The van der Waals surface area contributed by atoms with Crippen molar-refractivity contribution >= 4 is 31.5 Å². The number of hydrogen-bond donors (Lipinski definition) is 2. The molecule has 1 atom stereocenters. The fraction of sp³-hybridized carbons (Fsp3) is 0.684. The van der Waals surface area contributed by atoms with E-state index >= 15 is 0 Å². The first-order valence-electron chi connectivity index (χ1n) is 10.8. The maximum Gasteiger partial charge on any atom is 0.270 e. The van der Waals surface area contributed by atoms with E-state index in [1.165, 1.54) is 16.4 Å². The molecule has 1 aromatic rings. The summed E-state index contributed by atoms with van der Waals surface area (Å²) >= 11 is 0. The first-order chi connectivity index (χ1) is 15.9. The molecule has 0 aliphatic carbocycles. The molecule has 13 nitrogen and oxygen atoms in total. The van der Waals surface area contributed by atoms with Crippen LogP contribution in [0.1, 0.15) is 13.3 Å². The molecule has 0 aromatic heterocycles. The van der Waals surface area contributed by atoms with Gasteiger partial charge in [0.15, 0.2) is 0 Å². The van der Waals surface area contributed by atoms with E-state index < -0.39 is 37.8 Å². The van der Waals surface area contributed by atoms with E-state index in [2.05, 4.69) is 0 Å². The summed E-state index contributed by atoms with van der Waals surface area (Å²) in [5.74, 6) is 0. The van der Waals surface area contributed by atoms with Gasteiger partial charge in [-0.2, -0.15) is 12.7 Å². The molecule has 1 heterocycles. The van der Waals surface area contributed by atoms with Crippen LogP contribution in [-0.2, 0) is 24.3 Å². The van der Waals surface area contributed by atoms with E-state index in [0.717, 1.165) is 12.3 Å². The summed E-state index contributed by atoms with van der Waals surface area (Å²) in [6.07, 6.45) is 0.600. The molecule has 1 saturated heterocycles. The SMILES string of the molecule is CCCN(CCOS(C)(=O)=O)c1ccc([N+](=O)[O-])cc1S(=O)(=O)N1CCN(CC(O)CO)CC1. The van der Waals surface area contributed by atoms with Gasteiger partial charge in [0, 0.05) is 57.9 Å². The van der Waals surface area contributed by atoms with Gasteiger partial charge >= 0.3 is 0 Å². The summed E-state index contributed by atoms with van der Waals surface area (Å²) in [5, 5.41) is 30.0. The fourth-order valence-corrected chi connectivity index (χ4v) is 5.68. The van der Waals surface area contributed by atoms with E-state index in [1.807, 2.05) is 11.8 Å². The first kappa shape index (κ1) is 28.4. The molecular formula is C19H32N4O9S2. The van der Waals surface area contributed by atoms with E-state index in [1.54, 1.807) is 4.90 Å².